The van der Waals surface area contributed by atoms with Crippen molar-refractivity contribution in [3.63, 3.8) is 0 Å². The number of nitrogens with one attached hydrogen (secondary N) is 1. The van der Waals surface area contributed by atoms with Gasteiger partial charge >= 0.3 is 5.97 Å². The van der Waals surface area contributed by atoms with Gasteiger partial charge in [-0.1, -0.05) is 29.8 Å². The van der Waals surface area contributed by atoms with Crippen LogP contribution in [-0.4, -0.2) is 54.6 Å². The first-order valence-corrected chi connectivity index (χ1v) is 8.61. The molecule has 1 aromatic carbocycles. The van der Waals surface area contributed by atoms with E-state index < -0.39 is 17.4 Å². The number of methoxy groups -OCH3 is 1. The van der Waals surface area contributed by atoms with E-state index in [0.717, 1.165) is 11.1 Å². The number of amides is 2. The van der Waals surface area contributed by atoms with Crippen LogP contribution in [0.5, 0.6) is 0 Å². The van der Waals surface area contributed by atoms with Gasteiger partial charge in [-0.25, -0.2) is 0 Å². The molecule has 2 rings (SSSR count). The van der Waals surface area contributed by atoms with Gasteiger partial charge < -0.3 is 20.1 Å². The molecule has 1 aliphatic heterocycles. The topological polar surface area (TPSA) is 95.9 Å². The Hall–Kier alpha value is -2.41. The van der Waals surface area contributed by atoms with Gasteiger partial charge in [0, 0.05) is 27.1 Å². The molecule has 26 heavy (non-hydrogen) atoms. The molecule has 1 fully saturated rings. The smallest absolute Gasteiger partial charge is 0.313 e. The minimum Gasteiger partial charge on any atom is -0.481 e. The molecule has 0 aromatic heterocycles. The van der Waals surface area contributed by atoms with Gasteiger partial charge in [0.25, 0.3) is 0 Å². The van der Waals surface area contributed by atoms with Crippen LogP contribution in [0.15, 0.2) is 24.3 Å². The predicted molar refractivity (Wildman–Crippen MR) is 95.5 cm³/mol. The fourth-order valence-corrected chi connectivity index (χ4v) is 3.32. The molecule has 1 heterocycles. The average molecular weight is 362 g/mol. The van der Waals surface area contributed by atoms with Crippen molar-refractivity contribution in [1.29, 1.82) is 0 Å². The third-order valence-corrected chi connectivity index (χ3v) is 4.82. The number of aliphatic carboxylic acids is 1. The standard InChI is InChI=1S/C19H26N2O5/c1-13-4-6-15(7-5-13)16(20-14(2)22)10-17(23)21-9-8-19(11-21,12-26-3)18(24)25/h4-7,16H,8-12H2,1-3H3,(H,20,22)(H,24,25). The zero-order chi connectivity index (χ0) is 19.3. The minimum absolute atomic E-state index is 0.0687. The van der Waals surface area contributed by atoms with Gasteiger partial charge in [-0.3, -0.25) is 14.4 Å². The number of nitrogens with zero attached hydrogens (tertiary/aromatic N) is 1. The Morgan fingerprint density at radius 1 is 1.31 bits per heavy atom. The van der Waals surface area contributed by atoms with Crippen molar-refractivity contribution in [2.75, 3.05) is 26.8 Å². The summed E-state index contributed by atoms with van der Waals surface area (Å²) >= 11 is 0. The Balaban J connectivity index is 2.11. The molecule has 7 nitrogen and oxygen atoms in total. The molecule has 0 spiro atoms. The van der Waals surface area contributed by atoms with E-state index in [4.69, 9.17) is 4.74 Å². The maximum absolute atomic E-state index is 12.7. The summed E-state index contributed by atoms with van der Waals surface area (Å²) in [4.78, 5) is 37.5. The maximum atomic E-state index is 12.7. The first-order valence-electron chi connectivity index (χ1n) is 8.61. The third kappa shape index (κ3) is 4.60. The average Bonchev–Trinajstić information content (AvgIpc) is 3.01. The number of carbonyl (C=O) groups is 3. The Labute approximate surface area is 153 Å². The molecular formula is C19H26N2O5. The second-order valence-corrected chi connectivity index (χ2v) is 6.95. The summed E-state index contributed by atoms with van der Waals surface area (Å²) < 4.78 is 5.06. The van der Waals surface area contributed by atoms with Crippen LogP contribution in [0.2, 0.25) is 0 Å². The van der Waals surface area contributed by atoms with Crippen molar-refractivity contribution < 1.29 is 24.2 Å². The Morgan fingerprint density at radius 2 is 1.96 bits per heavy atom. The maximum Gasteiger partial charge on any atom is 0.313 e. The highest BCUT2D eigenvalue weighted by Crippen LogP contribution is 2.32. The van der Waals surface area contributed by atoms with Crippen LogP contribution in [0.25, 0.3) is 0 Å². The van der Waals surface area contributed by atoms with Crippen LogP contribution >= 0.6 is 0 Å². The molecule has 0 aliphatic carbocycles. The predicted octanol–water partition coefficient (Wildman–Crippen LogP) is 1.51. The van der Waals surface area contributed by atoms with Gasteiger partial charge in [-0.05, 0) is 18.9 Å². The molecule has 2 unspecified atom stereocenters. The summed E-state index contributed by atoms with van der Waals surface area (Å²) in [5.74, 6) is -1.35. The summed E-state index contributed by atoms with van der Waals surface area (Å²) in [5, 5.41) is 12.3. The number of rotatable bonds is 7. The zero-order valence-electron chi connectivity index (χ0n) is 15.4. The lowest BCUT2D eigenvalue weighted by molar-refractivity contribution is -0.151. The van der Waals surface area contributed by atoms with Gasteiger partial charge in [0.15, 0.2) is 0 Å². The van der Waals surface area contributed by atoms with Gasteiger partial charge in [-0.15, -0.1) is 0 Å². The molecule has 1 aromatic rings. The quantitative estimate of drug-likeness (QED) is 0.767. The van der Waals surface area contributed by atoms with E-state index in [1.807, 2.05) is 31.2 Å². The molecular weight excluding hydrogens is 336 g/mol. The second-order valence-electron chi connectivity index (χ2n) is 6.95. The van der Waals surface area contributed by atoms with Crippen LogP contribution < -0.4 is 5.32 Å². The molecule has 0 saturated carbocycles. The van der Waals surface area contributed by atoms with Crippen molar-refractivity contribution in [1.82, 2.24) is 10.2 Å². The van der Waals surface area contributed by atoms with Crippen LogP contribution in [0.1, 0.15) is 36.9 Å². The lowest BCUT2D eigenvalue weighted by Gasteiger charge is -2.25. The SMILES string of the molecule is COCC1(C(=O)O)CCN(C(=O)CC(NC(C)=O)c2ccc(C)cc2)C1. The number of ether oxygens (including phenoxy) is 1. The van der Waals surface area contributed by atoms with E-state index >= 15 is 0 Å². The number of benzene rings is 1. The largest absolute Gasteiger partial charge is 0.481 e. The number of carboxylic acids is 1. The Bertz CT molecular complexity index is 673. The first kappa shape index (κ1) is 19.9. The number of aryl methyl sites for hydroxylation is 1. The molecule has 0 bridgehead atoms. The summed E-state index contributed by atoms with van der Waals surface area (Å²) in [5.41, 5.74) is 0.879. The summed E-state index contributed by atoms with van der Waals surface area (Å²) in [7, 11) is 1.46. The third-order valence-electron chi connectivity index (χ3n) is 4.82. The van der Waals surface area contributed by atoms with E-state index in [1.54, 1.807) is 4.90 Å². The monoisotopic (exact) mass is 362 g/mol. The first-order chi connectivity index (χ1) is 12.3. The van der Waals surface area contributed by atoms with Crippen molar-refractivity contribution in [2.24, 2.45) is 5.41 Å². The molecule has 7 heteroatoms. The molecule has 0 radical (unpaired) electrons. The van der Waals surface area contributed by atoms with Crippen molar-refractivity contribution in [2.45, 2.75) is 32.7 Å². The van der Waals surface area contributed by atoms with E-state index in [-0.39, 0.29) is 31.4 Å². The lowest BCUT2D eigenvalue weighted by Crippen LogP contribution is -2.41. The van der Waals surface area contributed by atoms with E-state index in [0.29, 0.717) is 13.0 Å². The molecule has 2 N–H and O–H groups in total. The van der Waals surface area contributed by atoms with E-state index in [9.17, 15) is 19.5 Å². The highest BCUT2D eigenvalue weighted by atomic mass is 16.5. The van der Waals surface area contributed by atoms with E-state index in [2.05, 4.69) is 5.32 Å². The number of carboxylic acid groups (broad SMARTS) is 1. The second kappa shape index (κ2) is 8.31. The van der Waals surface area contributed by atoms with E-state index in [1.165, 1.54) is 14.0 Å². The highest BCUT2D eigenvalue weighted by Gasteiger charge is 2.46. The highest BCUT2D eigenvalue weighted by molar-refractivity contribution is 5.82. The lowest BCUT2D eigenvalue weighted by atomic mass is 9.88. The number of hydrogen-bond acceptors (Lipinski definition) is 4. The van der Waals surface area contributed by atoms with Crippen LogP contribution in [-0.2, 0) is 19.1 Å². The zero-order valence-corrected chi connectivity index (χ0v) is 15.4. The van der Waals surface area contributed by atoms with Gasteiger partial charge in [0.2, 0.25) is 11.8 Å². The van der Waals surface area contributed by atoms with Crippen LogP contribution in [0, 0.1) is 12.3 Å². The van der Waals surface area contributed by atoms with Crippen molar-refractivity contribution in [3.8, 4) is 0 Å². The summed E-state index contributed by atoms with van der Waals surface area (Å²) in [6, 6.07) is 7.19. The summed E-state index contributed by atoms with van der Waals surface area (Å²) in [6.07, 6.45) is 0.447. The number of carbonyl (C=O) groups excluding carboxylic acids is 2. The molecule has 2 atom stereocenters. The van der Waals surface area contributed by atoms with Gasteiger partial charge in [0.1, 0.15) is 5.41 Å². The van der Waals surface area contributed by atoms with Crippen molar-refractivity contribution in [3.05, 3.63) is 35.4 Å². The van der Waals surface area contributed by atoms with Crippen molar-refractivity contribution >= 4 is 17.8 Å². The van der Waals surface area contributed by atoms with Crippen LogP contribution in [0.3, 0.4) is 0 Å². The fourth-order valence-electron chi connectivity index (χ4n) is 3.32. The normalized spacial score (nSPS) is 20.7. The molecule has 142 valence electrons. The minimum atomic E-state index is -1.06. The number of likely N-dealkylation sites (tertiary alicyclic amines) is 1. The van der Waals surface area contributed by atoms with Crippen LogP contribution in [0.4, 0.5) is 0 Å². The molecule has 1 saturated heterocycles. The van der Waals surface area contributed by atoms with Gasteiger partial charge in [0.05, 0.1) is 19.1 Å². The molecule has 1 aliphatic rings. The number of hydrogen-bond donors (Lipinski definition) is 2. The Kier molecular flexibility index (Phi) is 6.37. The van der Waals surface area contributed by atoms with Gasteiger partial charge in [-0.2, -0.15) is 0 Å². The summed E-state index contributed by atoms with van der Waals surface area (Å²) in [6.45, 7) is 3.94. The Morgan fingerprint density at radius 3 is 2.50 bits per heavy atom. The fraction of sp³-hybridized carbons (Fsp3) is 0.526. The molecule has 2 amide bonds.